The van der Waals surface area contributed by atoms with Gasteiger partial charge in [0.25, 0.3) is 0 Å². The van der Waals surface area contributed by atoms with Gasteiger partial charge in [-0.2, -0.15) is 0 Å². The lowest BCUT2D eigenvalue weighted by Gasteiger charge is -2.28. The van der Waals surface area contributed by atoms with Crippen LogP contribution in [-0.4, -0.2) is 22.1 Å². The van der Waals surface area contributed by atoms with Crippen LogP contribution in [0.3, 0.4) is 0 Å². The second kappa shape index (κ2) is 8.01. The van der Waals surface area contributed by atoms with Crippen molar-refractivity contribution < 1.29 is 0 Å². The molecule has 4 atom stereocenters. The molecule has 2 rings (SSSR count). The molecule has 0 aliphatic rings. The first-order valence-electron chi connectivity index (χ1n) is 7.92. The van der Waals surface area contributed by atoms with Crippen LogP contribution in [-0.2, 0) is 0 Å². The molecule has 2 heterocycles. The maximum atomic E-state index is 4.41. The Morgan fingerprint density at radius 2 is 1.09 bits per heavy atom. The highest BCUT2D eigenvalue weighted by atomic mass is 15.1. The van der Waals surface area contributed by atoms with Crippen LogP contribution >= 0.6 is 0 Å². The summed E-state index contributed by atoms with van der Waals surface area (Å²) in [4.78, 5) is 8.81. The molecule has 0 unspecified atom stereocenters. The SMILES string of the molecule is C[C@H](N[C@H](C)[C@@H](C)N[C@@H](C)c1ccccn1)c1ccccn1. The Kier molecular flexibility index (Phi) is 6.04. The monoisotopic (exact) mass is 298 g/mol. The highest BCUT2D eigenvalue weighted by Crippen LogP contribution is 2.13. The van der Waals surface area contributed by atoms with Crippen LogP contribution in [0.4, 0.5) is 0 Å². The average molecular weight is 298 g/mol. The second-order valence-corrected chi connectivity index (χ2v) is 5.86. The normalized spacial score (nSPS) is 16.7. The van der Waals surface area contributed by atoms with Gasteiger partial charge in [-0.05, 0) is 52.0 Å². The summed E-state index contributed by atoms with van der Waals surface area (Å²) in [7, 11) is 0. The van der Waals surface area contributed by atoms with Crippen molar-refractivity contribution >= 4 is 0 Å². The Balaban J connectivity index is 1.88. The van der Waals surface area contributed by atoms with Crippen LogP contribution < -0.4 is 10.6 Å². The molecule has 0 radical (unpaired) electrons. The molecule has 2 aromatic heterocycles. The van der Waals surface area contributed by atoms with Crippen molar-refractivity contribution in [3.05, 3.63) is 60.2 Å². The van der Waals surface area contributed by atoms with Gasteiger partial charge in [-0.3, -0.25) is 9.97 Å². The van der Waals surface area contributed by atoms with E-state index in [-0.39, 0.29) is 12.1 Å². The summed E-state index contributed by atoms with van der Waals surface area (Å²) >= 11 is 0. The topological polar surface area (TPSA) is 49.8 Å². The van der Waals surface area contributed by atoms with Crippen molar-refractivity contribution in [1.29, 1.82) is 0 Å². The van der Waals surface area contributed by atoms with Gasteiger partial charge in [-0.1, -0.05) is 12.1 Å². The predicted molar refractivity (Wildman–Crippen MR) is 90.5 cm³/mol. The molecule has 0 aliphatic heterocycles. The van der Waals surface area contributed by atoms with Gasteiger partial charge in [-0.25, -0.2) is 0 Å². The molecule has 0 fully saturated rings. The van der Waals surface area contributed by atoms with E-state index in [0.717, 1.165) is 11.4 Å². The Morgan fingerprint density at radius 3 is 1.41 bits per heavy atom. The van der Waals surface area contributed by atoms with Crippen molar-refractivity contribution in [2.24, 2.45) is 0 Å². The minimum atomic E-state index is 0.227. The minimum absolute atomic E-state index is 0.227. The largest absolute Gasteiger partial charge is 0.305 e. The first-order chi connectivity index (χ1) is 10.6. The third kappa shape index (κ3) is 4.61. The number of pyridine rings is 2. The quantitative estimate of drug-likeness (QED) is 0.824. The molecule has 2 aromatic rings. The zero-order chi connectivity index (χ0) is 15.9. The molecular weight excluding hydrogens is 272 g/mol. The molecule has 0 saturated carbocycles. The summed E-state index contributed by atoms with van der Waals surface area (Å²) in [5.74, 6) is 0. The van der Waals surface area contributed by atoms with Gasteiger partial charge in [0.15, 0.2) is 0 Å². The Labute approximate surface area is 133 Å². The fourth-order valence-corrected chi connectivity index (χ4v) is 2.51. The van der Waals surface area contributed by atoms with Crippen LogP contribution in [0.15, 0.2) is 48.8 Å². The third-order valence-electron chi connectivity index (χ3n) is 4.04. The number of hydrogen-bond donors (Lipinski definition) is 2. The van der Waals surface area contributed by atoms with Gasteiger partial charge in [0.2, 0.25) is 0 Å². The van der Waals surface area contributed by atoms with E-state index < -0.39 is 0 Å². The lowest BCUT2D eigenvalue weighted by Crippen LogP contribution is -2.46. The Bertz CT molecular complexity index is 492. The lowest BCUT2D eigenvalue weighted by molar-refractivity contribution is 0.351. The van der Waals surface area contributed by atoms with E-state index in [9.17, 15) is 0 Å². The van der Waals surface area contributed by atoms with E-state index in [0.29, 0.717) is 12.1 Å². The summed E-state index contributed by atoms with van der Waals surface area (Å²) in [5.41, 5.74) is 2.14. The van der Waals surface area contributed by atoms with Crippen LogP contribution in [0.1, 0.15) is 51.2 Å². The van der Waals surface area contributed by atoms with Crippen LogP contribution in [0.2, 0.25) is 0 Å². The van der Waals surface area contributed by atoms with Gasteiger partial charge < -0.3 is 10.6 Å². The molecule has 4 heteroatoms. The first-order valence-corrected chi connectivity index (χ1v) is 7.92. The van der Waals surface area contributed by atoms with E-state index in [4.69, 9.17) is 0 Å². The van der Waals surface area contributed by atoms with Crippen LogP contribution in [0.5, 0.6) is 0 Å². The predicted octanol–water partition coefficient (Wildman–Crippen LogP) is 3.26. The maximum absolute atomic E-state index is 4.41. The van der Waals surface area contributed by atoms with E-state index in [2.05, 4.69) is 60.4 Å². The lowest BCUT2D eigenvalue weighted by atomic mass is 10.1. The minimum Gasteiger partial charge on any atom is -0.305 e. The summed E-state index contributed by atoms with van der Waals surface area (Å²) < 4.78 is 0. The molecule has 0 bridgehead atoms. The fraction of sp³-hybridized carbons (Fsp3) is 0.444. The molecule has 4 nitrogen and oxygen atoms in total. The zero-order valence-corrected chi connectivity index (χ0v) is 13.8. The van der Waals surface area contributed by atoms with E-state index in [1.54, 1.807) is 0 Å². The van der Waals surface area contributed by atoms with Crippen molar-refractivity contribution in [2.75, 3.05) is 0 Å². The summed E-state index contributed by atoms with van der Waals surface area (Å²) in [6.45, 7) is 8.69. The Morgan fingerprint density at radius 1 is 0.682 bits per heavy atom. The van der Waals surface area contributed by atoms with Gasteiger partial charge >= 0.3 is 0 Å². The van der Waals surface area contributed by atoms with Crippen molar-refractivity contribution in [2.45, 2.75) is 51.9 Å². The zero-order valence-electron chi connectivity index (χ0n) is 13.8. The molecule has 118 valence electrons. The fourth-order valence-electron chi connectivity index (χ4n) is 2.51. The van der Waals surface area contributed by atoms with Gasteiger partial charge in [0.1, 0.15) is 0 Å². The molecule has 2 N–H and O–H groups in total. The summed E-state index contributed by atoms with van der Waals surface area (Å²) in [5, 5.41) is 7.21. The smallest absolute Gasteiger partial charge is 0.0570 e. The second-order valence-electron chi connectivity index (χ2n) is 5.86. The maximum Gasteiger partial charge on any atom is 0.0570 e. The molecule has 0 aromatic carbocycles. The summed E-state index contributed by atoms with van der Waals surface area (Å²) in [6, 6.07) is 13.1. The molecule has 0 amide bonds. The average Bonchev–Trinajstić information content (AvgIpc) is 2.56. The van der Waals surface area contributed by atoms with Gasteiger partial charge in [0.05, 0.1) is 11.4 Å². The Hall–Kier alpha value is -1.78. The third-order valence-corrected chi connectivity index (χ3v) is 4.04. The number of aromatic nitrogens is 2. The molecule has 0 saturated heterocycles. The molecule has 22 heavy (non-hydrogen) atoms. The van der Waals surface area contributed by atoms with Gasteiger partial charge in [0, 0.05) is 36.6 Å². The first kappa shape index (κ1) is 16.6. The van der Waals surface area contributed by atoms with Crippen molar-refractivity contribution in [3.63, 3.8) is 0 Å². The van der Waals surface area contributed by atoms with E-state index >= 15 is 0 Å². The number of rotatable bonds is 7. The highest BCUT2D eigenvalue weighted by Gasteiger charge is 2.18. The van der Waals surface area contributed by atoms with Crippen LogP contribution in [0, 0.1) is 0 Å². The summed E-state index contributed by atoms with van der Waals surface area (Å²) in [6.07, 6.45) is 3.67. The number of nitrogens with one attached hydrogen (secondary N) is 2. The highest BCUT2D eigenvalue weighted by molar-refractivity contribution is 5.09. The van der Waals surface area contributed by atoms with Gasteiger partial charge in [-0.15, -0.1) is 0 Å². The van der Waals surface area contributed by atoms with E-state index in [1.165, 1.54) is 0 Å². The molecule has 0 spiro atoms. The van der Waals surface area contributed by atoms with Crippen molar-refractivity contribution in [1.82, 2.24) is 20.6 Å². The van der Waals surface area contributed by atoms with E-state index in [1.807, 2.05) is 36.7 Å². The standard InChI is InChI=1S/C18H26N4/c1-13(21-15(3)17-9-5-7-11-19-17)14(2)22-16(4)18-10-6-8-12-20-18/h5-16,21-22H,1-4H3/t13-,14-,15+,16+/m1/s1. The number of nitrogens with zero attached hydrogens (tertiary/aromatic N) is 2. The van der Waals surface area contributed by atoms with Crippen LogP contribution in [0.25, 0.3) is 0 Å². The number of hydrogen-bond acceptors (Lipinski definition) is 4. The molecular formula is C18H26N4. The van der Waals surface area contributed by atoms with Crippen molar-refractivity contribution in [3.8, 4) is 0 Å². The molecule has 0 aliphatic carbocycles.